The molecule has 2 aromatic rings. The molecule has 0 atom stereocenters. The SMILES string of the molecule is CC(C)(C)OC(=O)NCc1cncn1-c1ccc(F)cn1. The zero-order valence-corrected chi connectivity index (χ0v) is 12.1. The maximum atomic E-state index is 12.9. The maximum Gasteiger partial charge on any atom is 0.407 e. The summed E-state index contributed by atoms with van der Waals surface area (Å²) in [4.78, 5) is 19.6. The molecule has 0 aliphatic rings. The molecule has 2 heterocycles. The molecular formula is C14H17FN4O2. The van der Waals surface area contributed by atoms with Crippen LogP contribution in [0.1, 0.15) is 26.5 Å². The highest BCUT2D eigenvalue weighted by Crippen LogP contribution is 2.10. The number of imidazole rings is 1. The number of halogens is 1. The Kier molecular flexibility index (Phi) is 4.21. The van der Waals surface area contributed by atoms with Crippen molar-refractivity contribution in [1.82, 2.24) is 19.9 Å². The van der Waals surface area contributed by atoms with Gasteiger partial charge in [-0.25, -0.2) is 19.2 Å². The lowest BCUT2D eigenvalue weighted by Gasteiger charge is -2.19. The zero-order valence-electron chi connectivity index (χ0n) is 12.1. The molecule has 0 aliphatic heterocycles. The van der Waals surface area contributed by atoms with Gasteiger partial charge in [0, 0.05) is 0 Å². The fraction of sp³-hybridized carbons (Fsp3) is 0.357. The van der Waals surface area contributed by atoms with E-state index in [2.05, 4.69) is 15.3 Å². The second kappa shape index (κ2) is 5.90. The molecule has 6 nitrogen and oxygen atoms in total. The highest BCUT2D eigenvalue weighted by Gasteiger charge is 2.16. The Morgan fingerprint density at radius 1 is 1.38 bits per heavy atom. The summed E-state index contributed by atoms with van der Waals surface area (Å²) in [6, 6.07) is 2.85. The van der Waals surface area contributed by atoms with Crippen LogP contribution in [0.2, 0.25) is 0 Å². The van der Waals surface area contributed by atoms with E-state index in [9.17, 15) is 9.18 Å². The highest BCUT2D eigenvalue weighted by molar-refractivity contribution is 5.67. The minimum absolute atomic E-state index is 0.230. The monoisotopic (exact) mass is 292 g/mol. The first-order valence-corrected chi connectivity index (χ1v) is 6.45. The third-order valence-electron chi connectivity index (χ3n) is 2.49. The Morgan fingerprint density at radius 2 is 2.14 bits per heavy atom. The van der Waals surface area contributed by atoms with Crippen molar-refractivity contribution in [3.63, 3.8) is 0 Å². The van der Waals surface area contributed by atoms with Gasteiger partial charge in [0.05, 0.1) is 24.6 Å². The fourth-order valence-electron chi connectivity index (χ4n) is 1.65. The molecule has 112 valence electrons. The molecule has 0 unspecified atom stereocenters. The van der Waals surface area contributed by atoms with Crippen LogP contribution in [-0.2, 0) is 11.3 Å². The first-order valence-electron chi connectivity index (χ1n) is 6.45. The fourth-order valence-corrected chi connectivity index (χ4v) is 1.65. The summed E-state index contributed by atoms with van der Waals surface area (Å²) in [5.74, 6) is 0.113. The van der Waals surface area contributed by atoms with E-state index in [4.69, 9.17) is 4.74 Å². The van der Waals surface area contributed by atoms with Gasteiger partial charge in [-0.2, -0.15) is 0 Å². The largest absolute Gasteiger partial charge is 0.444 e. The van der Waals surface area contributed by atoms with E-state index in [1.54, 1.807) is 37.9 Å². The number of carbonyl (C=O) groups is 1. The summed E-state index contributed by atoms with van der Waals surface area (Å²) in [5.41, 5.74) is 0.156. The molecule has 0 fully saturated rings. The third kappa shape index (κ3) is 4.27. The van der Waals surface area contributed by atoms with E-state index >= 15 is 0 Å². The Balaban J connectivity index is 2.04. The van der Waals surface area contributed by atoms with Crippen molar-refractivity contribution in [2.45, 2.75) is 32.9 Å². The number of carbonyl (C=O) groups excluding carboxylic acids is 1. The van der Waals surface area contributed by atoms with Gasteiger partial charge in [0.15, 0.2) is 0 Å². The van der Waals surface area contributed by atoms with Gasteiger partial charge < -0.3 is 10.1 Å². The number of hydrogen-bond acceptors (Lipinski definition) is 4. The minimum atomic E-state index is -0.553. The Morgan fingerprint density at radius 3 is 2.76 bits per heavy atom. The van der Waals surface area contributed by atoms with Crippen molar-refractivity contribution in [1.29, 1.82) is 0 Å². The minimum Gasteiger partial charge on any atom is -0.444 e. The van der Waals surface area contributed by atoms with Crippen LogP contribution in [0.5, 0.6) is 0 Å². The number of amides is 1. The molecule has 2 aromatic heterocycles. The Labute approximate surface area is 122 Å². The summed E-state index contributed by atoms with van der Waals surface area (Å²) < 4.78 is 19.7. The van der Waals surface area contributed by atoms with Crippen molar-refractivity contribution in [3.05, 3.63) is 42.4 Å². The number of aromatic nitrogens is 3. The Bertz CT molecular complexity index is 617. The molecular weight excluding hydrogens is 275 g/mol. The summed E-state index contributed by atoms with van der Waals surface area (Å²) in [7, 11) is 0. The van der Waals surface area contributed by atoms with Gasteiger partial charge in [-0.05, 0) is 32.9 Å². The maximum absolute atomic E-state index is 12.9. The van der Waals surface area contributed by atoms with Crippen LogP contribution >= 0.6 is 0 Å². The van der Waals surface area contributed by atoms with Crippen molar-refractivity contribution >= 4 is 6.09 Å². The molecule has 0 radical (unpaired) electrons. The lowest BCUT2D eigenvalue weighted by atomic mass is 10.2. The average Bonchev–Trinajstić information content (AvgIpc) is 2.83. The van der Waals surface area contributed by atoms with Crippen LogP contribution in [0, 0.1) is 5.82 Å². The van der Waals surface area contributed by atoms with E-state index in [-0.39, 0.29) is 6.54 Å². The molecule has 1 N–H and O–H groups in total. The first-order chi connectivity index (χ1) is 9.85. The van der Waals surface area contributed by atoms with Gasteiger partial charge in [-0.3, -0.25) is 4.57 Å². The third-order valence-corrected chi connectivity index (χ3v) is 2.49. The van der Waals surface area contributed by atoms with Gasteiger partial charge >= 0.3 is 6.09 Å². The topological polar surface area (TPSA) is 69.0 Å². The molecule has 1 amide bonds. The summed E-state index contributed by atoms with van der Waals surface area (Å²) in [6.45, 7) is 5.60. The predicted molar refractivity (Wildman–Crippen MR) is 74.4 cm³/mol. The van der Waals surface area contributed by atoms with Crippen molar-refractivity contribution in [2.24, 2.45) is 0 Å². The zero-order chi connectivity index (χ0) is 15.5. The van der Waals surface area contributed by atoms with Crippen molar-refractivity contribution < 1.29 is 13.9 Å². The molecule has 0 bridgehead atoms. The average molecular weight is 292 g/mol. The predicted octanol–water partition coefficient (Wildman–Crippen LogP) is 2.43. The van der Waals surface area contributed by atoms with E-state index in [0.717, 1.165) is 6.20 Å². The number of nitrogens with one attached hydrogen (secondary N) is 1. The van der Waals surface area contributed by atoms with Crippen molar-refractivity contribution in [3.8, 4) is 5.82 Å². The number of pyridine rings is 1. The van der Waals surface area contributed by atoms with Crippen molar-refractivity contribution in [2.75, 3.05) is 0 Å². The standard InChI is InChI=1S/C14H17FN4O2/c1-14(2,3)21-13(20)18-8-11-7-16-9-19(11)12-5-4-10(15)6-17-12/h4-7,9H,8H2,1-3H3,(H,18,20). The second-order valence-corrected chi connectivity index (χ2v) is 5.45. The van der Waals surface area contributed by atoms with Gasteiger partial charge in [-0.1, -0.05) is 0 Å². The van der Waals surface area contributed by atoms with Crippen LogP contribution in [0.25, 0.3) is 5.82 Å². The van der Waals surface area contributed by atoms with E-state index in [0.29, 0.717) is 11.5 Å². The Hall–Kier alpha value is -2.44. The lowest BCUT2D eigenvalue weighted by Crippen LogP contribution is -2.32. The smallest absolute Gasteiger partial charge is 0.407 e. The summed E-state index contributed by atoms with van der Waals surface area (Å²) in [5, 5.41) is 2.64. The van der Waals surface area contributed by atoms with Gasteiger partial charge in [0.25, 0.3) is 0 Å². The summed E-state index contributed by atoms with van der Waals surface area (Å²) in [6.07, 6.45) is 3.76. The van der Waals surface area contributed by atoms with Crippen LogP contribution < -0.4 is 5.32 Å². The molecule has 0 saturated heterocycles. The van der Waals surface area contributed by atoms with Crippen LogP contribution in [0.4, 0.5) is 9.18 Å². The molecule has 0 saturated carbocycles. The van der Waals surface area contributed by atoms with E-state index in [1.807, 2.05) is 0 Å². The number of rotatable bonds is 3. The molecule has 0 spiro atoms. The van der Waals surface area contributed by atoms with Gasteiger partial charge in [0.2, 0.25) is 0 Å². The van der Waals surface area contributed by atoms with E-state index < -0.39 is 17.5 Å². The molecule has 0 aliphatic carbocycles. The molecule has 0 aromatic carbocycles. The van der Waals surface area contributed by atoms with Crippen LogP contribution in [0.3, 0.4) is 0 Å². The number of ether oxygens (including phenoxy) is 1. The van der Waals surface area contributed by atoms with E-state index in [1.165, 1.54) is 12.1 Å². The van der Waals surface area contributed by atoms with Gasteiger partial charge in [-0.15, -0.1) is 0 Å². The first kappa shape index (κ1) is 15.0. The number of hydrogen-bond donors (Lipinski definition) is 1. The molecule has 7 heteroatoms. The normalized spacial score (nSPS) is 11.2. The van der Waals surface area contributed by atoms with Gasteiger partial charge in [0.1, 0.15) is 23.6 Å². The quantitative estimate of drug-likeness (QED) is 0.943. The molecule has 2 rings (SSSR count). The number of nitrogens with zero attached hydrogens (tertiary/aromatic N) is 3. The highest BCUT2D eigenvalue weighted by atomic mass is 19.1. The number of alkyl carbamates (subject to hydrolysis) is 1. The molecule has 21 heavy (non-hydrogen) atoms. The van der Waals surface area contributed by atoms with Crippen LogP contribution in [0.15, 0.2) is 30.9 Å². The second-order valence-electron chi connectivity index (χ2n) is 5.45. The summed E-state index contributed by atoms with van der Waals surface area (Å²) >= 11 is 0. The van der Waals surface area contributed by atoms with Crippen LogP contribution in [-0.4, -0.2) is 26.2 Å². The lowest BCUT2D eigenvalue weighted by molar-refractivity contribution is 0.0522.